The highest BCUT2D eigenvalue weighted by atomic mass is 79.9. The van der Waals surface area contributed by atoms with E-state index in [4.69, 9.17) is 0 Å². The van der Waals surface area contributed by atoms with Crippen LogP contribution >= 0.6 is 0 Å². The lowest BCUT2D eigenvalue weighted by atomic mass is 10.1. The number of quaternary nitrogens is 1. The van der Waals surface area contributed by atoms with Gasteiger partial charge in [-0.2, -0.15) is 0 Å². The second-order valence-corrected chi connectivity index (χ2v) is 3.50. The Morgan fingerprint density at radius 3 is 2.14 bits per heavy atom. The van der Waals surface area contributed by atoms with Gasteiger partial charge in [-0.25, -0.2) is 0 Å². The Kier molecular flexibility index (Phi) is 9.00. The molecule has 0 spiro atoms. The molecule has 0 aliphatic heterocycles. The van der Waals surface area contributed by atoms with Crippen LogP contribution in [0, 0.1) is 0 Å². The summed E-state index contributed by atoms with van der Waals surface area (Å²) in [5.74, 6) is 0. The third-order valence-corrected chi connectivity index (χ3v) is 2.31. The van der Waals surface area contributed by atoms with Crippen LogP contribution in [0.5, 0.6) is 0 Å². The van der Waals surface area contributed by atoms with Gasteiger partial charge in [0.25, 0.3) is 0 Å². The first-order valence-corrected chi connectivity index (χ1v) is 5.26. The zero-order chi connectivity index (χ0) is 9.36. The lowest BCUT2D eigenvalue weighted by molar-refractivity contribution is -0.368. The highest BCUT2D eigenvalue weighted by molar-refractivity contribution is 5.14. The van der Waals surface area contributed by atoms with Crippen molar-refractivity contribution in [2.75, 3.05) is 6.54 Å². The van der Waals surface area contributed by atoms with E-state index in [0.717, 1.165) is 6.54 Å². The molecule has 80 valence electrons. The summed E-state index contributed by atoms with van der Waals surface area (Å²) < 4.78 is 0. The number of rotatable bonds is 6. The highest BCUT2D eigenvalue weighted by Gasteiger charge is 1.92. The molecule has 0 fully saturated rings. The Hall–Kier alpha value is -0.340. The van der Waals surface area contributed by atoms with Crippen LogP contribution in [-0.4, -0.2) is 6.54 Å². The average Bonchev–Trinajstić information content (AvgIpc) is 2.19. The van der Waals surface area contributed by atoms with E-state index >= 15 is 0 Å². The maximum absolute atomic E-state index is 3.84. The number of hydrogen-bond donors (Lipinski definition) is 1. The Morgan fingerprint density at radius 1 is 0.857 bits per heavy atom. The van der Waals surface area contributed by atoms with Gasteiger partial charge in [0.2, 0.25) is 0 Å². The molecule has 0 saturated carbocycles. The van der Waals surface area contributed by atoms with Gasteiger partial charge in [0, 0.05) is 0 Å². The normalized spacial score (nSPS) is 9.50. The molecule has 0 aliphatic carbocycles. The van der Waals surface area contributed by atoms with Crippen molar-refractivity contribution in [3.8, 4) is 0 Å². The summed E-state index contributed by atoms with van der Waals surface area (Å²) >= 11 is 0. The van der Waals surface area contributed by atoms with Gasteiger partial charge >= 0.3 is 0 Å². The van der Waals surface area contributed by atoms with Crippen LogP contribution in [-0.2, 0) is 6.42 Å². The van der Waals surface area contributed by atoms with Gasteiger partial charge in [-0.05, 0) is 31.2 Å². The molecule has 0 unspecified atom stereocenters. The van der Waals surface area contributed by atoms with Crippen molar-refractivity contribution in [1.29, 1.82) is 0 Å². The lowest BCUT2D eigenvalue weighted by Crippen LogP contribution is -3.00. The zero-order valence-electron chi connectivity index (χ0n) is 8.71. The van der Waals surface area contributed by atoms with Crippen LogP contribution in [0.3, 0.4) is 0 Å². The molecular formula is C12H20BrN. The SMILES string of the molecule is [Br-].[NH3+]CCCCCCc1ccccc1. The van der Waals surface area contributed by atoms with Gasteiger partial charge in [0.1, 0.15) is 0 Å². The van der Waals surface area contributed by atoms with E-state index in [0.29, 0.717) is 0 Å². The van der Waals surface area contributed by atoms with E-state index in [1.165, 1.54) is 37.7 Å². The number of hydrogen-bond acceptors (Lipinski definition) is 0. The fourth-order valence-corrected chi connectivity index (χ4v) is 1.50. The van der Waals surface area contributed by atoms with Crippen LogP contribution in [0.2, 0.25) is 0 Å². The van der Waals surface area contributed by atoms with Crippen molar-refractivity contribution in [3.63, 3.8) is 0 Å². The molecule has 0 aromatic heterocycles. The Balaban J connectivity index is 0.00000169. The van der Waals surface area contributed by atoms with Crippen molar-refractivity contribution in [2.24, 2.45) is 0 Å². The molecule has 1 rings (SSSR count). The minimum atomic E-state index is 0. The summed E-state index contributed by atoms with van der Waals surface area (Å²) in [5.41, 5.74) is 5.31. The second-order valence-electron chi connectivity index (χ2n) is 3.50. The maximum Gasteiger partial charge on any atom is 0.0739 e. The number of halogens is 1. The van der Waals surface area contributed by atoms with Crippen molar-refractivity contribution in [3.05, 3.63) is 35.9 Å². The van der Waals surface area contributed by atoms with Crippen molar-refractivity contribution in [1.82, 2.24) is 0 Å². The first-order chi connectivity index (χ1) is 6.43. The molecular weight excluding hydrogens is 238 g/mol. The van der Waals surface area contributed by atoms with E-state index in [2.05, 4.69) is 36.1 Å². The van der Waals surface area contributed by atoms with Crippen LogP contribution in [0.15, 0.2) is 30.3 Å². The van der Waals surface area contributed by atoms with Crippen molar-refractivity contribution >= 4 is 0 Å². The summed E-state index contributed by atoms with van der Waals surface area (Å²) in [7, 11) is 0. The lowest BCUT2D eigenvalue weighted by Gasteiger charge is -2.00. The van der Waals surface area contributed by atoms with E-state index in [1.54, 1.807) is 0 Å². The standard InChI is InChI=1S/C12H19N.BrH/c13-11-7-2-1-4-8-12-9-5-3-6-10-12;/h3,5-6,9-10H,1-2,4,7-8,11,13H2;1H. The predicted molar refractivity (Wildman–Crippen MR) is 56.4 cm³/mol. The van der Waals surface area contributed by atoms with Gasteiger partial charge in [0.05, 0.1) is 6.54 Å². The molecule has 1 aromatic rings. The summed E-state index contributed by atoms with van der Waals surface area (Å²) in [5, 5.41) is 0. The number of benzene rings is 1. The molecule has 3 N–H and O–H groups in total. The smallest absolute Gasteiger partial charge is 0.0739 e. The van der Waals surface area contributed by atoms with Crippen LogP contribution < -0.4 is 22.7 Å². The molecule has 14 heavy (non-hydrogen) atoms. The molecule has 0 atom stereocenters. The molecule has 0 aliphatic rings. The average molecular weight is 258 g/mol. The summed E-state index contributed by atoms with van der Waals surface area (Å²) in [6.45, 7) is 1.09. The van der Waals surface area contributed by atoms with Crippen LogP contribution in [0.4, 0.5) is 0 Å². The monoisotopic (exact) mass is 257 g/mol. The first-order valence-electron chi connectivity index (χ1n) is 5.26. The molecule has 1 nitrogen and oxygen atoms in total. The van der Waals surface area contributed by atoms with Crippen LogP contribution in [0.1, 0.15) is 31.2 Å². The molecule has 0 bridgehead atoms. The molecule has 1 aromatic carbocycles. The summed E-state index contributed by atoms with van der Waals surface area (Å²) in [6.07, 6.45) is 6.54. The zero-order valence-corrected chi connectivity index (χ0v) is 10.3. The van der Waals surface area contributed by atoms with Gasteiger partial charge in [-0.15, -0.1) is 0 Å². The largest absolute Gasteiger partial charge is 1.00 e. The number of unbranched alkanes of at least 4 members (excludes halogenated alkanes) is 3. The van der Waals surface area contributed by atoms with Crippen LogP contribution in [0.25, 0.3) is 0 Å². The highest BCUT2D eigenvalue weighted by Crippen LogP contribution is 2.06. The van der Waals surface area contributed by atoms with E-state index < -0.39 is 0 Å². The molecule has 0 radical (unpaired) electrons. The minimum Gasteiger partial charge on any atom is -1.00 e. The van der Waals surface area contributed by atoms with Gasteiger partial charge in [0.15, 0.2) is 0 Å². The number of aryl methyl sites for hydroxylation is 1. The molecule has 2 heteroatoms. The fraction of sp³-hybridized carbons (Fsp3) is 0.500. The summed E-state index contributed by atoms with van der Waals surface area (Å²) in [4.78, 5) is 0. The van der Waals surface area contributed by atoms with Crippen molar-refractivity contribution < 1.29 is 22.7 Å². The maximum atomic E-state index is 3.84. The quantitative estimate of drug-likeness (QED) is 0.636. The molecule has 0 amide bonds. The topological polar surface area (TPSA) is 27.6 Å². The Bertz CT molecular complexity index is 211. The van der Waals surface area contributed by atoms with E-state index in [-0.39, 0.29) is 17.0 Å². The van der Waals surface area contributed by atoms with E-state index in [1.807, 2.05) is 0 Å². The van der Waals surface area contributed by atoms with Crippen molar-refractivity contribution in [2.45, 2.75) is 32.1 Å². The van der Waals surface area contributed by atoms with Gasteiger partial charge < -0.3 is 22.7 Å². The third-order valence-electron chi connectivity index (χ3n) is 2.31. The molecule has 0 heterocycles. The van der Waals surface area contributed by atoms with Gasteiger partial charge in [-0.3, -0.25) is 0 Å². The second kappa shape index (κ2) is 9.22. The first kappa shape index (κ1) is 13.7. The summed E-state index contributed by atoms with van der Waals surface area (Å²) in [6, 6.07) is 10.7. The fourth-order valence-electron chi connectivity index (χ4n) is 1.50. The van der Waals surface area contributed by atoms with Gasteiger partial charge in [-0.1, -0.05) is 36.8 Å². The Morgan fingerprint density at radius 2 is 1.50 bits per heavy atom. The predicted octanol–water partition coefficient (Wildman–Crippen LogP) is -0.965. The molecule has 0 saturated heterocycles. The Labute approximate surface area is 97.5 Å². The van der Waals surface area contributed by atoms with E-state index in [9.17, 15) is 0 Å². The third kappa shape index (κ3) is 6.17. The minimum absolute atomic E-state index is 0.